The second-order valence-electron chi connectivity index (χ2n) is 7.47. The smallest absolute Gasteiger partial charge is 0.272 e. The summed E-state index contributed by atoms with van der Waals surface area (Å²) in [7, 11) is 0. The molecule has 0 atom stereocenters. The van der Waals surface area contributed by atoms with Gasteiger partial charge in [-0.3, -0.25) is 9.59 Å². The predicted molar refractivity (Wildman–Crippen MR) is 121 cm³/mol. The van der Waals surface area contributed by atoms with Crippen LogP contribution in [0.15, 0.2) is 58.7 Å². The Kier molecular flexibility index (Phi) is 5.50. The Morgan fingerprint density at radius 3 is 2.50 bits per heavy atom. The van der Waals surface area contributed by atoms with Gasteiger partial charge in [-0.2, -0.15) is 0 Å². The maximum Gasteiger partial charge on any atom is 0.272 e. The zero-order chi connectivity index (χ0) is 21.3. The minimum absolute atomic E-state index is 0.0940. The zero-order valence-electron chi connectivity index (χ0n) is 17.2. The average molecular weight is 418 g/mol. The van der Waals surface area contributed by atoms with Gasteiger partial charge in [-0.25, -0.2) is 4.98 Å². The largest absolute Gasteiger partial charge is 0.347 e. The van der Waals surface area contributed by atoms with Crippen LogP contribution in [-0.2, 0) is 13.1 Å². The molecule has 152 valence electrons. The van der Waals surface area contributed by atoms with Gasteiger partial charge in [0.15, 0.2) is 0 Å². The van der Waals surface area contributed by atoms with Crippen LogP contribution in [0.2, 0.25) is 0 Å². The van der Waals surface area contributed by atoms with Crippen molar-refractivity contribution in [3.63, 3.8) is 0 Å². The lowest BCUT2D eigenvalue weighted by molar-refractivity contribution is 0.0951. The van der Waals surface area contributed by atoms with Crippen molar-refractivity contribution in [1.82, 2.24) is 14.9 Å². The Morgan fingerprint density at radius 1 is 1.07 bits per heavy atom. The molecule has 2 heterocycles. The van der Waals surface area contributed by atoms with Gasteiger partial charge in [0.1, 0.15) is 5.69 Å². The number of hydrogen-bond acceptors (Lipinski definition) is 4. The molecule has 0 bridgehead atoms. The van der Waals surface area contributed by atoms with Gasteiger partial charge >= 0.3 is 0 Å². The molecule has 1 amide bonds. The van der Waals surface area contributed by atoms with Crippen LogP contribution in [0.1, 0.15) is 37.6 Å². The summed E-state index contributed by atoms with van der Waals surface area (Å²) in [5.41, 5.74) is 5.86. The summed E-state index contributed by atoms with van der Waals surface area (Å²) in [6.07, 6.45) is 0. The van der Waals surface area contributed by atoms with Crippen LogP contribution in [0.25, 0.3) is 11.0 Å². The number of carbonyl (C=O) groups excluding carboxylic acids is 1. The lowest BCUT2D eigenvalue weighted by atomic mass is 10.1. The van der Waals surface area contributed by atoms with E-state index < -0.39 is 0 Å². The first-order valence-electron chi connectivity index (χ1n) is 9.80. The van der Waals surface area contributed by atoms with Crippen molar-refractivity contribution in [1.29, 1.82) is 0 Å². The number of carbonyl (C=O) groups is 1. The molecule has 1 N–H and O–H groups in total. The first-order chi connectivity index (χ1) is 14.4. The minimum Gasteiger partial charge on any atom is -0.347 e. The van der Waals surface area contributed by atoms with E-state index in [2.05, 4.69) is 10.3 Å². The van der Waals surface area contributed by atoms with E-state index >= 15 is 0 Å². The molecule has 0 aliphatic rings. The number of amides is 1. The maximum atomic E-state index is 12.8. The molecule has 2 aromatic carbocycles. The van der Waals surface area contributed by atoms with E-state index in [1.165, 1.54) is 0 Å². The summed E-state index contributed by atoms with van der Waals surface area (Å²) in [5, 5.41) is 4.92. The van der Waals surface area contributed by atoms with Crippen LogP contribution in [0.5, 0.6) is 0 Å². The highest BCUT2D eigenvalue weighted by Crippen LogP contribution is 2.18. The number of hydrogen-bond donors (Lipinski definition) is 1. The van der Waals surface area contributed by atoms with Crippen molar-refractivity contribution >= 4 is 28.3 Å². The Morgan fingerprint density at radius 2 is 1.80 bits per heavy atom. The number of benzene rings is 2. The molecule has 6 heteroatoms. The van der Waals surface area contributed by atoms with Gasteiger partial charge in [0, 0.05) is 10.4 Å². The molecule has 0 unspecified atom stereocenters. The third-order valence-electron chi connectivity index (χ3n) is 5.28. The Labute approximate surface area is 179 Å². The second kappa shape index (κ2) is 8.24. The summed E-state index contributed by atoms with van der Waals surface area (Å²) < 4.78 is 1.76. The molecule has 0 fully saturated rings. The van der Waals surface area contributed by atoms with Crippen molar-refractivity contribution in [2.24, 2.45) is 0 Å². The van der Waals surface area contributed by atoms with Gasteiger partial charge in [0.25, 0.3) is 11.5 Å². The van der Waals surface area contributed by atoms with Gasteiger partial charge in [-0.1, -0.05) is 18.2 Å². The first kappa shape index (κ1) is 20.0. The van der Waals surface area contributed by atoms with Crippen LogP contribution in [-0.4, -0.2) is 15.5 Å². The zero-order valence-corrected chi connectivity index (χ0v) is 18.0. The van der Waals surface area contributed by atoms with Crippen LogP contribution >= 0.6 is 11.3 Å². The Balaban J connectivity index is 1.58. The van der Waals surface area contributed by atoms with Crippen LogP contribution in [0, 0.1) is 20.8 Å². The van der Waals surface area contributed by atoms with E-state index in [0.717, 1.165) is 32.6 Å². The number of thiophene rings is 1. The second-order valence-corrected chi connectivity index (χ2v) is 8.50. The summed E-state index contributed by atoms with van der Waals surface area (Å²) in [4.78, 5) is 30.8. The molecular weight excluding hydrogens is 394 g/mol. The molecule has 0 aliphatic heterocycles. The lowest BCUT2D eigenvalue weighted by Gasteiger charge is -2.13. The first-order valence-corrected chi connectivity index (χ1v) is 10.7. The number of aryl methyl sites for hydroxylation is 3. The van der Waals surface area contributed by atoms with Crippen molar-refractivity contribution < 1.29 is 4.79 Å². The maximum absolute atomic E-state index is 12.8. The molecule has 5 nitrogen and oxygen atoms in total. The summed E-state index contributed by atoms with van der Waals surface area (Å²) in [6, 6.07) is 15.4. The fourth-order valence-corrected chi connectivity index (χ4v) is 4.05. The summed E-state index contributed by atoms with van der Waals surface area (Å²) >= 11 is 1.62. The normalized spacial score (nSPS) is 11.0. The molecule has 2 aromatic heterocycles. The average Bonchev–Trinajstić information content (AvgIpc) is 3.25. The molecule has 0 saturated heterocycles. The van der Waals surface area contributed by atoms with E-state index in [4.69, 9.17) is 0 Å². The van der Waals surface area contributed by atoms with Crippen LogP contribution in [0.4, 0.5) is 0 Å². The molecular formula is C24H23N3O2S. The number of fused-ring (bicyclic) bond motifs is 1. The molecule has 0 saturated carbocycles. The fourth-order valence-electron chi connectivity index (χ4n) is 3.41. The molecule has 0 radical (unpaired) electrons. The van der Waals surface area contributed by atoms with Gasteiger partial charge in [0.2, 0.25) is 0 Å². The van der Waals surface area contributed by atoms with Crippen molar-refractivity contribution in [2.45, 2.75) is 33.9 Å². The topological polar surface area (TPSA) is 64.0 Å². The van der Waals surface area contributed by atoms with Crippen molar-refractivity contribution in [2.75, 3.05) is 0 Å². The molecule has 4 aromatic rings. The molecule has 0 aliphatic carbocycles. The van der Waals surface area contributed by atoms with E-state index in [0.29, 0.717) is 24.3 Å². The van der Waals surface area contributed by atoms with Gasteiger partial charge in [-0.05, 0) is 73.2 Å². The van der Waals surface area contributed by atoms with Crippen molar-refractivity contribution in [3.05, 3.63) is 97.1 Å². The highest BCUT2D eigenvalue weighted by atomic mass is 32.1. The highest BCUT2D eigenvalue weighted by molar-refractivity contribution is 7.09. The summed E-state index contributed by atoms with van der Waals surface area (Å²) in [5.74, 6) is -0.108. The van der Waals surface area contributed by atoms with E-state index in [1.54, 1.807) is 35.0 Å². The SMILES string of the molecule is Cc1cc2nc(C)c(=O)n(Cc3ccc(C(=O)NCc4cccs4)cc3)c2cc1C. The predicted octanol–water partition coefficient (Wildman–Crippen LogP) is 4.36. The van der Waals surface area contributed by atoms with E-state index in [1.807, 2.05) is 55.6 Å². The number of nitrogens with zero attached hydrogens (tertiary/aromatic N) is 2. The van der Waals surface area contributed by atoms with Gasteiger partial charge < -0.3 is 9.88 Å². The van der Waals surface area contributed by atoms with Gasteiger partial charge in [0.05, 0.1) is 24.1 Å². The van der Waals surface area contributed by atoms with Crippen LogP contribution in [0.3, 0.4) is 0 Å². The molecule has 30 heavy (non-hydrogen) atoms. The van der Waals surface area contributed by atoms with Gasteiger partial charge in [-0.15, -0.1) is 11.3 Å². The fraction of sp³-hybridized carbons (Fsp3) is 0.208. The van der Waals surface area contributed by atoms with Crippen molar-refractivity contribution in [3.8, 4) is 0 Å². The van der Waals surface area contributed by atoms with E-state index in [9.17, 15) is 9.59 Å². The van der Waals surface area contributed by atoms with E-state index in [-0.39, 0.29) is 11.5 Å². The standard InChI is InChI=1S/C24H23N3O2S/c1-15-11-21-22(12-16(15)2)27(24(29)17(3)26-21)14-18-6-8-19(9-7-18)23(28)25-13-20-5-4-10-30-20/h4-12H,13-14H2,1-3H3,(H,25,28). The molecule has 4 rings (SSSR count). The number of nitrogens with one attached hydrogen (secondary N) is 1. The highest BCUT2D eigenvalue weighted by Gasteiger charge is 2.11. The quantitative estimate of drug-likeness (QED) is 0.525. The Hall–Kier alpha value is -3.25. The Bertz CT molecular complexity index is 1270. The number of rotatable bonds is 5. The third kappa shape index (κ3) is 4.04. The number of aromatic nitrogens is 2. The molecule has 0 spiro atoms. The summed E-state index contributed by atoms with van der Waals surface area (Å²) in [6.45, 7) is 6.78. The monoisotopic (exact) mass is 417 g/mol. The van der Waals surface area contributed by atoms with Crippen LogP contribution < -0.4 is 10.9 Å². The third-order valence-corrected chi connectivity index (χ3v) is 6.16. The lowest BCUT2D eigenvalue weighted by Crippen LogP contribution is -2.25. The minimum atomic E-state index is -0.108.